The van der Waals surface area contributed by atoms with Crippen LogP contribution in [0.2, 0.25) is 0 Å². The number of nitrogens with zero attached hydrogens (tertiary/aromatic N) is 3. The highest BCUT2D eigenvalue weighted by Gasteiger charge is 2.07. The summed E-state index contributed by atoms with van der Waals surface area (Å²) in [6, 6.07) is 0. The molecule has 1 aromatic rings. The molecular weight excluding hydrogens is 174 g/mol. The van der Waals surface area contributed by atoms with Gasteiger partial charge < -0.3 is 4.90 Å². The van der Waals surface area contributed by atoms with Gasteiger partial charge >= 0.3 is 0 Å². The predicted octanol–water partition coefficient (Wildman–Crippen LogP) is 2.19. The van der Waals surface area contributed by atoms with Gasteiger partial charge in [0.05, 0.1) is 0 Å². The Hall–Kier alpha value is -1.38. The van der Waals surface area contributed by atoms with E-state index in [4.69, 9.17) is 0 Å². The summed E-state index contributed by atoms with van der Waals surface area (Å²) in [6.07, 6.45) is 3.86. The van der Waals surface area contributed by atoms with Gasteiger partial charge in [0.1, 0.15) is 5.82 Å². The van der Waals surface area contributed by atoms with Crippen LogP contribution in [0.25, 0.3) is 6.08 Å². The van der Waals surface area contributed by atoms with Gasteiger partial charge in [-0.15, -0.1) is 0 Å². The van der Waals surface area contributed by atoms with E-state index in [2.05, 4.69) is 9.97 Å². The van der Waals surface area contributed by atoms with Crippen LogP contribution in [0.15, 0.2) is 6.08 Å². The van der Waals surface area contributed by atoms with E-state index in [1.807, 2.05) is 51.9 Å². The minimum absolute atomic E-state index is 0.777. The van der Waals surface area contributed by atoms with Gasteiger partial charge in [0.25, 0.3) is 0 Å². The van der Waals surface area contributed by atoms with Crippen LogP contribution in [0.1, 0.15) is 24.0 Å². The fourth-order valence-electron chi connectivity index (χ4n) is 1.29. The molecule has 0 atom stereocenters. The smallest absolute Gasteiger partial charge is 0.154 e. The zero-order chi connectivity index (χ0) is 10.7. The van der Waals surface area contributed by atoms with Crippen molar-refractivity contribution >= 4 is 11.9 Å². The Morgan fingerprint density at radius 1 is 1.14 bits per heavy atom. The fraction of sp³-hybridized carbons (Fsp3) is 0.455. The predicted molar refractivity (Wildman–Crippen MR) is 60.5 cm³/mol. The molecule has 0 aromatic carbocycles. The molecule has 0 bridgehead atoms. The summed E-state index contributed by atoms with van der Waals surface area (Å²) >= 11 is 0. The van der Waals surface area contributed by atoms with Gasteiger partial charge in [-0.05, 0) is 26.8 Å². The SMILES string of the molecule is CC=Cc1nc(C)c(C)c(N(C)C)n1. The van der Waals surface area contributed by atoms with Gasteiger partial charge in [0, 0.05) is 25.4 Å². The Morgan fingerprint density at radius 2 is 1.79 bits per heavy atom. The minimum Gasteiger partial charge on any atom is -0.362 e. The zero-order valence-corrected chi connectivity index (χ0v) is 9.50. The summed E-state index contributed by atoms with van der Waals surface area (Å²) in [6.45, 7) is 6.02. The summed E-state index contributed by atoms with van der Waals surface area (Å²) in [5.41, 5.74) is 2.18. The molecular formula is C11H17N3. The van der Waals surface area contributed by atoms with E-state index in [1.165, 1.54) is 0 Å². The second kappa shape index (κ2) is 4.22. The Balaban J connectivity index is 3.28. The maximum Gasteiger partial charge on any atom is 0.154 e. The molecule has 1 aromatic heterocycles. The fourth-order valence-corrected chi connectivity index (χ4v) is 1.29. The van der Waals surface area contributed by atoms with Crippen LogP contribution in [0.4, 0.5) is 5.82 Å². The van der Waals surface area contributed by atoms with Gasteiger partial charge in [-0.1, -0.05) is 6.08 Å². The van der Waals surface area contributed by atoms with Crippen molar-refractivity contribution in [2.75, 3.05) is 19.0 Å². The molecule has 3 nitrogen and oxygen atoms in total. The lowest BCUT2D eigenvalue weighted by Gasteiger charge is -2.15. The highest BCUT2D eigenvalue weighted by atomic mass is 15.2. The van der Waals surface area contributed by atoms with Crippen molar-refractivity contribution in [2.24, 2.45) is 0 Å². The third-order valence-electron chi connectivity index (χ3n) is 2.12. The Kier molecular flexibility index (Phi) is 3.23. The van der Waals surface area contributed by atoms with Crippen LogP contribution in [0.3, 0.4) is 0 Å². The number of allylic oxidation sites excluding steroid dienone is 1. The third kappa shape index (κ3) is 2.10. The van der Waals surface area contributed by atoms with E-state index < -0.39 is 0 Å². The molecule has 14 heavy (non-hydrogen) atoms. The summed E-state index contributed by atoms with van der Waals surface area (Å²) in [5, 5.41) is 0. The van der Waals surface area contributed by atoms with Crippen molar-refractivity contribution in [3.05, 3.63) is 23.2 Å². The molecule has 0 spiro atoms. The number of anilines is 1. The summed E-state index contributed by atoms with van der Waals surface area (Å²) in [5.74, 6) is 1.77. The Labute approximate surface area is 85.5 Å². The van der Waals surface area contributed by atoms with Gasteiger partial charge in [0.15, 0.2) is 5.82 Å². The van der Waals surface area contributed by atoms with E-state index in [9.17, 15) is 0 Å². The lowest BCUT2D eigenvalue weighted by molar-refractivity contribution is 0.975. The van der Waals surface area contributed by atoms with Gasteiger partial charge in [-0.3, -0.25) is 0 Å². The van der Waals surface area contributed by atoms with Gasteiger partial charge in [0.2, 0.25) is 0 Å². The Morgan fingerprint density at radius 3 is 2.29 bits per heavy atom. The Bertz CT molecular complexity index is 354. The van der Waals surface area contributed by atoms with Crippen molar-refractivity contribution in [1.29, 1.82) is 0 Å². The van der Waals surface area contributed by atoms with E-state index in [1.54, 1.807) is 0 Å². The number of hydrogen-bond donors (Lipinski definition) is 0. The van der Waals surface area contributed by atoms with Crippen LogP contribution in [0.5, 0.6) is 0 Å². The first-order valence-corrected chi connectivity index (χ1v) is 4.71. The molecule has 3 heteroatoms. The first-order chi connectivity index (χ1) is 6.56. The first kappa shape index (κ1) is 10.7. The summed E-state index contributed by atoms with van der Waals surface area (Å²) < 4.78 is 0. The zero-order valence-electron chi connectivity index (χ0n) is 9.50. The van der Waals surface area contributed by atoms with Crippen molar-refractivity contribution < 1.29 is 0 Å². The first-order valence-electron chi connectivity index (χ1n) is 4.71. The molecule has 0 saturated carbocycles. The standard InChI is InChI=1S/C11H17N3/c1-6-7-10-12-9(3)8(2)11(13-10)14(4)5/h6-7H,1-5H3. The van der Waals surface area contributed by atoms with Crippen molar-refractivity contribution in [3.8, 4) is 0 Å². The third-order valence-corrected chi connectivity index (χ3v) is 2.12. The normalized spacial score (nSPS) is 10.9. The molecule has 0 N–H and O–H groups in total. The van der Waals surface area contributed by atoms with Gasteiger partial charge in [-0.2, -0.15) is 0 Å². The van der Waals surface area contributed by atoms with Crippen molar-refractivity contribution in [3.63, 3.8) is 0 Å². The lowest BCUT2D eigenvalue weighted by Crippen LogP contribution is -2.14. The van der Waals surface area contributed by atoms with E-state index >= 15 is 0 Å². The highest BCUT2D eigenvalue weighted by molar-refractivity contribution is 5.51. The maximum atomic E-state index is 4.45. The number of aromatic nitrogens is 2. The quantitative estimate of drug-likeness (QED) is 0.717. The lowest BCUT2D eigenvalue weighted by atomic mass is 10.2. The van der Waals surface area contributed by atoms with Gasteiger partial charge in [-0.25, -0.2) is 9.97 Å². The molecule has 0 saturated heterocycles. The number of aryl methyl sites for hydroxylation is 1. The van der Waals surface area contributed by atoms with Crippen molar-refractivity contribution in [1.82, 2.24) is 9.97 Å². The highest BCUT2D eigenvalue weighted by Crippen LogP contribution is 2.17. The summed E-state index contributed by atoms with van der Waals surface area (Å²) in [7, 11) is 3.99. The molecule has 0 fully saturated rings. The molecule has 0 amide bonds. The van der Waals surface area contributed by atoms with Crippen LogP contribution < -0.4 is 4.90 Å². The summed E-state index contributed by atoms with van der Waals surface area (Å²) in [4.78, 5) is 10.8. The monoisotopic (exact) mass is 191 g/mol. The molecule has 0 unspecified atom stereocenters. The molecule has 0 aliphatic heterocycles. The van der Waals surface area contributed by atoms with Crippen LogP contribution in [-0.2, 0) is 0 Å². The molecule has 0 radical (unpaired) electrons. The minimum atomic E-state index is 0.777. The average Bonchev–Trinajstić information content (AvgIpc) is 2.11. The van der Waals surface area contributed by atoms with E-state index in [0.29, 0.717) is 0 Å². The maximum absolute atomic E-state index is 4.45. The van der Waals surface area contributed by atoms with E-state index in [-0.39, 0.29) is 0 Å². The topological polar surface area (TPSA) is 29.0 Å². The molecule has 0 aliphatic rings. The second-order valence-electron chi connectivity index (χ2n) is 3.51. The second-order valence-corrected chi connectivity index (χ2v) is 3.51. The number of rotatable bonds is 2. The van der Waals surface area contributed by atoms with Crippen molar-refractivity contribution in [2.45, 2.75) is 20.8 Å². The average molecular weight is 191 g/mol. The molecule has 0 aliphatic carbocycles. The molecule has 1 rings (SSSR count). The van der Waals surface area contributed by atoms with E-state index in [0.717, 1.165) is 22.9 Å². The van der Waals surface area contributed by atoms with Crippen LogP contribution in [-0.4, -0.2) is 24.1 Å². The van der Waals surface area contributed by atoms with Crippen LogP contribution in [0, 0.1) is 13.8 Å². The molecule has 76 valence electrons. The largest absolute Gasteiger partial charge is 0.362 e. The van der Waals surface area contributed by atoms with Crippen LogP contribution >= 0.6 is 0 Å². The molecule has 1 heterocycles. The number of hydrogen-bond acceptors (Lipinski definition) is 3.